The van der Waals surface area contributed by atoms with Gasteiger partial charge in [-0.25, -0.2) is 15.0 Å². The third kappa shape index (κ3) is 3.04. The molecule has 0 bridgehead atoms. The fraction of sp³-hybridized carbons (Fsp3) is 0.105. The van der Waals surface area contributed by atoms with Crippen molar-refractivity contribution >= 4 is 28.2 Å². The number of benzene rings is 1. The zero-order valence-electron chi connectivity index (χ0n) is 13.6. The van der Waals surface area contributed by atoms with Gasteiger partial charge in [-0.15, -0.1) is 11.3 Å². The van der Waals surface area contributed by atoms with Crippen molar-refractivity contribution in [3.63, 3.8) is 0 Å². The van der Waals surface area contributed by atoms with Crippen LogP contribution in [0.2, 0.25) is 0 Å². The van der Waals surface area contributed by atoms with Crippen LogP contribution in [0.5, 0.6) is 5.75 Å². The summed E-state index contributed by atoms with van der Waals surface area (Å²) in [6, 6.07) is 14.2. The summed E-state index contributed by atoms with van der Waals surface area (Å²) in [5, 5.41) is 2.83. The van der Waals surface area contributed by atoms with Gasteiger partial charge in [0.15, 0.2) is 5.65 Å². The number of fused-ring (bicyclic) bond motifs is 1. The first-order chi connectivity index (χ1) is 12.2. The molecule has 2 N–H and O–H groups in total. The van der Waals surface area contributed by atoms with Crippen molar-refractivity contribution in [3.8, 4) is 16.3 Å². The average Bonchev–Trinajstić information content (AvgIpc) is 3.17. The van der Waals surface area contributed by atoms with E-state index in [4.69, 9.17) is 15.5 Å². The maximum atomic E-state index is 6.02. The molecule has 0 aliphatic rings. The van der Waals surface area contributed by atoms with E-state index in [1.54, 1.807) is 18.4 Å². The normalized spacial score (nSPS) is 10.9. The second kappa shape index (κ2) is 6.49. The summed E-state index contributed by atoms with van der Waals surface area (Å²) in [6.45, 7) is 0. The van der Waals surface area contributed by atoms with Crippen LogP contribution in [0.25, 0.3) is 21.6 Å². The van der Waals surface area contributed by atoms with Crippen molar-refractivity contribution in [2.24, 2.45) is 0 Å². The van der Waals surface area contributed by atoms with E-state index in [0.717, 1.165) is 33.7 Å². The molecule has 0 aliphatic heterocycles. The number of nitrogen functional groups attached to an aromatic ring is 1. The number of hydrogen-bond acceptors (Lipinski definition) is 6. The van der Waals surface area contributed by atoms with E-state index in [0.29, 0.717) is 11.5 Å². The van der Waals surface area contributed by atoms with E-state index < -0.39 is 0 Å². The Hall–Kier alpha value is -2.99. The van der Waals surface area contributed by atoms with Gasteiger partial charge in [0.2, 0.25) is 0 Å². The number of aromatic nitrogens is 3. The molecule has 0 fully saturated rings. The molecule has 3 heterocycles. The van der Waals surface area contributed by atoms with Crippen LogP contribution in [-0.2, 0) is 6.42 Å². The van der Waals surface area contributed by atoms with Crippen LogP contribution in [0, 0.1) is 0 Å². The Morgan fingerprint density at radius 1 is 1.12 bits per heavy atom. The van der Waals surface area contributed by atoms with Crippen molar-refractivity contribution < 1.29 is 4.74 Å². The summed E-state index contributed by atoms with van der Waals surface area (Å²) in [6.07, 6.45) is 2.19. The van der Waals surface area contributed by atoms with Gasteiger partial charge in [-0.2, -0.15) is 0 Å². The predicted molar refractivity (Wildman–Crippen MR) is 101 cm³/mol. The van der Waals surface area contributed by atoms with E-state index in [1.807, 2.05) is 23.6 Å². The van der Waals surface area contributed by atoms with Gasteiger partial charge in [0.1, 0.15) is 17.9 Å². The summed E-state index contributed by atoms with van der Waals surface area (Å²) in [5.74, 6) is 1.29. The van der Waals surface area contributed by atoms with E-state index >= 15 is 0 Å². The third-order valence-corrected chi connectivity index (χ3v) is 4.92. The Labute approximate surface area is 149 Å². The minimum Gasteiger partial charge on any atom is -0.497 e. The Bertz CT molecular complexity index is 1010. The summed E-state index contributed by atoms with van der Waals surface area (Å²) in [4.78, 5) is 14.2. The quantitative estimate of drug-likeness (QED) is 0.605. The topological polar surface area (TPSA) is 73.9 Å². The number of hydrogen-bond donors (Lipinski definition) is 1. The fourth-order valence-corrected chi connectivity index (χ4v) is 3.52. The summed E-state index contributed by atoms with van der Waals surface area (Å²) >= 11 is 1.66. The van der Waals surface area contributed by atoms with E-state index in [-0.39, 0.29) is 0 Å². The monoisotopic (exact) mass is 348 g/mol. The molecule has 0 atom stereocenters. The molecule has 124 valence electrons. The van der Waals surface area contributed by atoms with Crippen molar-refractivity contribution in [2.45, 2.75) is 6.42 Å². The minimum absolute atomic E-state index is 0.450. The van der Waals surface area contributed by atoms with Crippen molar-refractivity contribution in [1.29, 1.82) is 0 Å². The Morgan fingerprint density at radius 3 is 2.68 bits per heavy atom. The Balaban J connectivity index is 1.84. The lowest BCUT2D eigenvalue weighted by Crippen LogP contribution is -2.00. The van der Waals surface area contributed by atoms with Crippen LogP contribution in [0.4, 0.5) is 5.82 Å². The number of nitrogens with two attached hydrogens (primary N) is 1. The van der Waals surface area contributed by atoms with Gasteiger partial charge >= 0.3 is 0 Å². The number of rotatable bonds is 4. The van der Waals surface area contributed by atoms with Gasteiger partial charge in [-0.3, -0.25) is 0 Å². The molecule has 4 rings (SSSR count). The number of methoxy groups -OCH3 is 1. The molecule has 5 nitrogen and oxygen atoms in total. The first-order valence-corrected chi connectivity index (χ1v) is 8.69. The molecule has 0 spiro atoms. The van der Waals surface area contributed by atoms with Crippen LogP contribution in [0.3, 0.4) is 0 Å². The molecule has 0 radical (unpaired) electrons. The van der Waals surface area contributed by atoms with Crippen LogP contribution in [0.1, 0.15) is 11.1 Å². The number of nitrogens with zero attached hydrogens (tertiary/aromatic N) is 3. The maximum Gasteiger partial charge on any atom is 0.165 e. The number of pyridine rings is 1. The molecular formula is C19H16N4OS. The summed E-state index contributed by atoms with van der Waals surface area (Å²) < 4.78 is 5.23. The zero-order chi connectivity index (χ0) is 17.2. The highest BCUT2D eigenvalue weighted by molar-refractivity contribution is 7.13. The molecular weight excluding hydrogens is 332 g/mol. The number of anilines is 1. The van der Waals surface area contributed by atoms with Crippen LogP contribution >= 0.6 is 11.3 Å². The minimum atomic E-state index is 0.450. The third-order valence-electron chi connectivity index (χ3n) is 4.04. The van der Waals surface area contributed by atoms with E-state index in [9.17, 15) is 0 Å². The average molecular weight is 348 g/mol. The van der Waals surface area contributed by atoms with E-state index in [1.165, 1.54) is 11.9 Å². The largest absolute Gasteiger partial charge is 0.497 e. The molecule has 25 heavy (non-hydrogen) atoms. The van der Waals surface area contributed by atoms with Crippen LogP contribution < -0.4 is 10.5 Å². The van der Waals surface area contributed by atoms with Gasteiger partial charge < -0.3 is 10.5 Å². The highest BCUT2D eigenvalue weighted by atomic mass is 32.1. The van der Waals surface area contributed by atoms with Gasteiger partial charge in [-0.1, -0.05) is 18.2 Å². The molecule has 0 amide bonds. The molecule has 0 unspecified atom stereocenters. The molecule has 1 aromatic carbocycles. The zero-order valence-corrected chi connectivity index (χ0v) is 14.5. The Kier molecular flexibility index (Phi) is 4.03. The van der Waals surface area contributed by atoms with Gasteiger partial charge in [-0.05, 0) is 47.2 Å². The van der Waals surface area contributed by atoms with Gasteiger partial charge in [0.25, 0.3) is 0 Å². The van der Waals surface area contributed by atoms with Crippen LogP contribution in [0.15, 0.2) is 54.2 Å². The predicted octanol–water partition coefficient (Wildman–Crippen LogP) is 3.93. The first-order valence-electron chi connectivity index (χ1n) is 7.81. The standard InChI is InChI=1S/C19H16N4OS/c1-24-14-6-4-12(5-7-14)9-13-10-15-18(20)21-11-22-19(15)23-17(13)16-3-2-8-25-16/h2-8,10-11H,9H2,1H3,(H2,20,21,22,23). The van der Waals surface area contributed by atoms with Crippen molar-refractivity contribution in [2.75, 3.05) is 12.8 Å². The highest BCUT2D eigenvalue weighted by Gasteiger charge is 2.13. The molecule has 3 aromatic heterocycles. The lowest BCUT2D eigenvalue weighted by molar-refractivity contribution is 0.414. The lowest BCUT2D eigenvalue weighted by atomic mass is 10.0. The van der Waals surface area contributed by atoms with Gasteiger partial charge in [0, 0.05) is 0 Å². The SMILES string of the molecule is COc1ccc(Cc2cc3c(N)ncnc3nc2-c2cccs2)cc1. The number of ether oxygens (including phenoxy) is 1. The van der Waals surface area contributed by atoms with Crippen LogP contribution in [-0.4, -0.2) is 22.1 Å². The highest BCUT2D eigenvalue weighted by Crippen LogP contribution is 2.31. The lowest BCUT2D eigenvalue weighted by Gasteiger charge is -2.11. The Morgan fingerprint density at radius 2 is 1.96 bits per heavy atom. The molecule has 0 saturated carbocycles. The second-order valence-corrected chi connectivity index (χ2v) is 6.58. The van der Waals surface area contributed by atoms with Gasteiger partial charge in [0.05, 0.1) is 23.1 Å². The molecule has 4 aromatic rings. The fourth-order valence-electron chi connectivity index (χ4n) is 2.77. The smallest absolute Gasteiger partial charge is 0.165 e. The molecule has 0 aliphatic carbocycles. The van der Waals surface area contributed by atoms with Crippen molar-refractivity contribution in [3.05, 3.63) is 65.3 Å². The maximum absolute atomic E-state index is 6.02. The second-order valence-electron chi connectivity index (χ2n) is 5.63. The van der Waals surface area contributed by atoms with Crippen molar-refractivity contribution in [1.82, 2.24) is 15.0 Å². The molecule has 0 saturated heterocycles. The summed E-state index contributed by atoms with van der Waals surface area (Å²) in [7, 11) is 1.67. The first kappa shape index (κ1) is 15.5. The summed E-state index contributed by atoms with van der Waals surface area (Å²) in [5.41, 5.74) is 9.86. The number of thiophene rings is 1. The molecule has 6 heteroatoms. The van der Waals surface area contributed by atoms with E-state index in [2.05, 4.69) is 34.2 Å².